The minimum absolute atomic E-state index is 0.120. The van der Waals surface area contributed by atoms with E-state index in [-0.39, 0.29) is 11.9 Å². The Kier molecular flexibility index (Phi) is 5.12. The molecule has 0 aliphatic carbocycles. The van der Waals surface area contributed by atoms with E-state index in [4.69, 9.17) is 0 Å². The minimum Gasteiger partial charge on any atom is -0.310 e. The lowest BCUT2D eigenvalue weighted by atomic mass is 10.1. The van der Waals surface area contributed by atoms with Crippen LogP contribution in [0.25, 0.3) is 0 Å². The summed E-state index contributed by atoms with van der Waals surface area (Å²) in [5.41, 5.74) is 1.01. The zero-order valence-electron chi connectivity index (χ0n) is 9.51. The molecule has 0 aromatic heterocycles. The lowest BCUT2D eigenvalue weighted by Gasteiger charge is -2.14. The first kappa shape index (κ1) is 12.5. The third-order valence-electron chi connectivity index (χ3n) is 2.38. The molecule has 1 aromatic carbocycles. The molecule has 15 heavy (non-hydrogen) atoms. The van der Waals surface area contributed by atoms with Gasteiger partial charge in [0.05, 0.1) is 0 Å². The molecular weight excluding hydrogens is 209 g/mol. The van der Waals surface area contributed by atoms with Crippen LogP contribution in [0.4, 0.5) is 4.39 Å². The number of rotatable bonds is 5. The van der Waals surface area contributed by atoms with Gasteiger partial charge in [-0.3, -0.25) is 0 Å². The fraction of sp³-hybridized carbons (Fsp3) is 0.500. The van der Waals surface area contributed by atoms with Gasteiger partial charge < -0.3 is 5.32 Å². The van der Waals surface area contributed by atoms with Crippen molar-refractivity contribution in [1.82, 2.24) is 5.32 Å². The second kappa shape index (κ2) is 6.13. The van der Waals surface area contributed by atoms with Gasteiger partial charge in [0.15, 0.2) is 0 Å². The van der Waals surface area contributed by atoms with E-state index in [9.17, 15) is 4.39 Å². The summed E-state index contributed by atoms with van der Waals surface area (Å²) in [6.45, 7) is 5.15. The first-order chi connectivity index (χ1) is 7.19. The Morgan fingerprint density at radius 1 is 1.47 bits per heavy atom. The molecule has 1 N–H and O–H groups in total. The van der Waals surface area contributed by atoms with Crippen LogP contribution in [0.3, 0.4) is 0 Å². The second-order valence-electron chi connectivity index (χ2n) is 3.57. The highest BCUT2D eigenvalue weighted by molar-refractivity contribution is 7.98. The van der Waals surface area contributed by atoms with Crippen molar-refractivity contribution in [3.63, 3.8) is 0 Å². The van der Waals surface area contributed by atoms with E-state index in [1.165, 1.54) is 11.8 Å². The van der Waals surface area contributed by atoms with Crippen molar-refractivity contribution in [2.45, 2.75) is 31.2 Å². The van der Waals surface area contributed by atoms with E-state index in [0.29, 0.717) is 4.90 Å². The summed E-state index contributed by atoms with van der Waals surface area (Å²) in [4.78, 5) is 0.710. The Labute approximate surface area is 95.5 Å². The van der Waals surface area contributed by atoms with Crippen molar-refractivity contribution >= 4 is 11.8 Å². The molecule has 1 rings (SSSR count). The van der Waals surface area contributed by atoms with Crippen LogP contribution in [0.15, 0.2) is 23.1 Å². The Morgan fingerprint density at radius 3 is 2.73 bits per heavy atom. The second-order valence-corrected chi connectivity index (χ2v) is 4.42. The average Bonchev–Trinajstić information content (AvgIpc) is 2.25. The van der Waals surface area contributed by atoms with Crippen molar-refractivity contribution in [2.75, 3.05) is 12.8 Å². The predicted octanol–water partition coefficient (Wildman–Crippen LogP) is 3.61. The van der Waals surface area contributed by atoms with Crippen LogP contribution in [0, 0.1) is 5.82 Å². The molecule has 0 aliphatic heterocycles. The lowest BCUT2D eigenvalue weighted by Crippen LogP contribution is -2.19. The van der Waals surface area contributed by atoms with Crippen molar-refractivity contribution in [3.05, 3.63) is 29.6 Å². The molecule has 0 fully saturated rings. The van der Waals surface area contributed by atoms with Gasteiger partial charge in [0.25, 0.3) is 0 Å². The molecule has 0 saturated heterocycles. The number of hydrogen-bond donors (Lipinski definition) is 1. The molecular formula is C12H18FNS. The number of thioether (sulfide) groups is 1. The normalized spacial score (nSPS) is 12.8. The zero-order valence-corrected chi connectivity index (χ0v) is 10.3. The molecule has 1 aromatic rings. The molecule has 1 unspecified atom stereocenters. The standard InChI is InChI=1S/C12H18FNS/c1-4-7-14-9(2)10-5-6-12(15-3)11(13)8-10/h5-6,8-9,14H,4,7H2,1-3H3. The summed E-state index contributed by atoms with van der Waals surface area (Å²) in [5, 5.41) is 3.34. The Balaban J connectivity index is 2.73. The maximum absolute atomic E-state index is 13.5. The molecule has 0 aliphatic rings. The number of hydrogen-bond acceptors (Lipinski definition) is 2. The number of nitrogens with one attached hydrogen (secondary N) is 1. The Hall–Kier alpha value is -0.540. The van der Waals surface area contributed by atoms with E-state index in [0.717, 1.165) is 18.5 Å². The summed E-state index contributed by atoms with van der Waals surface area (Å²) in [5.74, 6) is -0.120. The Bertz CT molecular complexity index is 314. The topological polar surface area (TPSA) is 12.0 Å². The first-order valence-corrected chi connectivity index (χ1v) is 6.48. The molecule has 0 bridgehead atoms. The summed E-state index contributed by atoms with van der Waals surface area (Å²) < 4.78 is 13.5. The van der Waals surface area contributed by atoms with Crippen LogP contribution in [0.2, 0.25) is 0 Å². The molecule has 3 heteroatoms. The smallest absolute Gasteiger partial charge is 0.137 e. The molecule has 0 heterocycles. The molecule has 84 valence electrons. The molecule has 1 atom stereocenters. The van der Waals surface area contributed by atoms with Crippen LogP contribution >= 0.6 is 11.8 Å². The number of halogens is 1. The largest absolute Gasteiger partial charge is 0.310 e. The number of benzene rings is 1. The molecule has 0 spiro atoms. The summed E-state index contributed by atoms with van der Waals surface area (Å²) >= 11 is 1.44. The van der Waals surface area contributed by atoms with Gasteiger partial charge in [-0.2, -0.15) is 0 Å². The van der Waals surface area contributed by atoms with Crippen LogP contribution in [-0.2, 0) is 0 Å². The van der Waals surface area contributed by atoms with E-state index >= 15 is 0 Å². The van der Waals surface area contributed by atoms with E-state index in [1.807, 2.05) is 18.4 Å². The van der Waals surface area contributed by atoms with Gasteiger partial charge in [-0.05, 0) is 43.8 Å². The highest BCUT2D eigenvalue weighted by Crippen LogP contribution is 2.22. The van der Waals surface area contributed by atoms with Gasteiger partial charge in [-0.1, -0.05) is 13.0 Å². The summed E-state index contributed by atoms with van der Waals surface area (Å²) in [6, 6.07) is 5.68. The quantitative estimate of drug-likeness (QED) is 0.771. The fourth-order valence-corrected chi connectivity index (χ4v) is 1.89. The third kappa shape index (κ3) is 3.50. The molecule has 0 saturated carbocycles. The van der Waals surface area contributed by atoms with Crippen LogP contribution in [-0.4, -0.2) is 12.8 Å². The van der Waals surface area contributed by atoms with Crippen LogP contribution in [0.1, 0.15) is 31.9 Å². The monoisotopic (exact) mass is 227 g/mol. The highest BCUT2D eigenvalue weighted by Gasteiger charge is 2.07. The van der Waals surface area contributed by atoms with E-state index in [1.54, 1.807) is 6.07 Å². The average molecular weight is 227 g/mol. The van der Waals surface area contributed by atoms with Gasteiger partial charge in [0, 0.05) is 10.9 Å². The highest BCUT2D eigenvalue weighted by atomic mass is 32.2. The minimum atomic E-state index is -0.120. The summed E-state index contributed by atoms with van der Waals surface area (Å²) in [7, 11) is 0. The first-order valence-electron chi connectivity index (χ1n) is 5.25. The molecule has 1 nitrogen and oxygen atoms in total. The van der Waals surface area contributed by atoms with Gasteiger partial charge >= 0.3 is 0 Å². The van der Waals surface area contributed by atoms with Crippen LogP contribution < -0.4 is 5.32 Å². The van der Waals surface area contributed by atoms with E-state index < -0.39 is 0 Å². The van der Waals surface area contributed by atoms with Crippen molar-refractivity contribution < 1.29 is 4.39 Å². The SMILES string of the molecule is CCCNC(C)c1ccc(SC)c(F)c1. The maximum atomic E-state index is 13.5. The fourth-order valence-electron chi connectivity index (χ4n) is 1.43. The summed E-state index contributed by atoms with van der Waals surface area (Å²) in [6.07, 6.45) is 2.98. The zero-order chi connectivity index (χ0) is 11.3. The van der Waals surface area contributed by atoms with Gasteiger partial charge in [0.2, 0.25) is 0 Å². The van der Waals surface area contributed by atoms with E-state index in [2.05, 4.69) is 19.2 Å². The lowest BCUT2D eigenvalue weighted by molar-refractivity contribution is 0.556. The van der Waals surface area contributed by atoms with Crippen molar-refractivity contribution in [1.29, 1.82) is 0 Å². The van der Waals surface area contributed by atoms with Gasteiger partial charge in [0.1, 0.15) is 5.82 Å². The molecule has 0 radical (unpaired) electrons. The predicted molar refractivity (Wildman–Crippen MR) is 64.9 cm³/mol. The van der Waals surface area contributed by atoms with Crippen molar-refractivity contribution in [2.24, 2.45) is 0 Å². The van der Waals surface area contributed by atoms with Crippen LogP contribution in [0.5, 0.6) is 0 Å². The molecule has 0 amide bonds. The van der Waals surface area contributed by atoms with Gasteiger partial charge in [-0.15, -0.1) is 11.8 Å². The van der Waals surface area contributed by atoms with Gasteiger partial charge in [-0.25, -0.2) is 4.39 Å². The van der Waals surface area contributed by atoms with Crippen molar-refractivity contribution in [3.8, 4) is 0 Å². The maximum Gasteiger partial charge on any atom is 0.137 e. The third-order valence-corrected chi connectivity index (χ3v) is 3.15. The Morgan fingerprint density at radius 2 is 2.20 bits per heavy atom.